The lowest BCUT2D eigenvalue weighted by Gasteiger charge is -2.04. The number of carboxylic acid groups (broad SMARTS) is 1. The molecule has 0 aliphatic rings. The first-order valence-corrected chi connectivity index (χ1v) is 5.17. The highest BCUT2D eigenvalue weighted by Gasteiger charge is 2.14. The van der Waals surface area contributed by atoms with Gasteiger partial charge in [-0.15, -0.1) is 0 Å². The lowest BCUT2D eigenvalue weighted by Crippen LogP contribution is -2.24. The van der Waals surface area contributed by atoms with Gasteiger partial charge < -0.3 is 19.6 Å². The molecule has 0 saturated heterocycles. The van der Waals surface area contributed by atoms with Crippen molar-refractivity contribution in [1.82, 2.24) is 0 Å². The molecule has 0 aliphatic carbocycles. The molecule has 2 rings (SSSR count). The second kappa shape index (κ2) is 4.81. The van der Waals surface area contributed by atoms with Gasteiger partial charge in [0.1, 0.15) is 17.0 Å². The third kappa shape index (κ3) is 2.54. The summed E-state index contributed by atoms with van der Waals surface area (Å²) >= 11 is 0. The molecular weight excluding hydrogens is 254 g/mol. The molecule has 0 fully saturated rings. The Kier molecular flexibility index (Phi) is 3.19. The van der Waals surface area contributed by atoms with Gasteiger partial charge in [-0.25, -0.2) is 9.59 Å². The number of carbonyl (C=O) groups excluding carboxylic acids is 1. The van der Waals surface area contributed by atoms with Crippen molar-refractivity contribution >= 4 is 28.5 Å². The van der Waals surface area contributed by atoms with Crippen molar-refractivity contribution in [2.75, 3.05) is 12.4 Å². The number of hydrogen-bond donors (Lipinski definition) is 2. The zero-order valence-corrected chi connectivity index (χ0v) is 9.80. The molecule has 0 saturated carbocycles. The van der Waals surface area contributed by atoms with E-state index in [0.29, 0.717) is 11.1 Å². The fourth-order valence-corrected chi connectivity index (χ4v) is 1.48. The van der Waals surface area contributed by atoms with Gasteiger partial charge in [0.15, 0.2) is 0 Å². The molecule has 0 spiro atoms. The number of nitrogens with one attached hydrogen (secondary N) is 1. The molecule has 2 aromatic rings. The van der Waals surface area contributed by atoms with Crippen LogP contribution >= 0.6 is 0 Å². The molecule has 0 unspecified atom stereocenters. The summed E-state index contributed by atoms with van der Waals surface area (Å²) in [6.45, 7) is 0. The van der Waals surface area contributed by atoms with Crippen LogP contribution in [0.3, 0.4) is 0 Å². The first-order valence-electron chi connectivity index (χ1n) is 5.17. The molecule has 0 aliphatic heterocycles. The third-order valence-electron chi connectivity index (χ3n) is 2.39. The van der Waals surface area contributed by atoms with Crippen molar-refractivity contribution in [2.45, 2.75) is 0 Å². The summed E-state index contributed by atoms with van der Waals surface area (Å²) in [4.78, 5) is 33.0. The lowest BCUT2D eigenvalue weighted by atomic mass is 10.2. The van der Waals surface area contributed by atoms with Crippen LogP contribution in [0.2, 0.25) is 0 Å². The van der Waals surface area contributed by atoms with Crippen LogP contribution in [0.1, 0.15) is 0 Å². The highest BCUT2D eigenvalue weighted by Crippen LogP contribution is 2.21. The Morgan fingerprint density at radius 1 is 1.32 bits per heavy atom. The summed E-state index contributed by atoms with van der Waals surface area (Å²) in [5.41, 5.74) is -0.793. The Bertz CT molecular complexity index is 718. The van der Waals surface area contributed by atoms with Gasteiger partial charge in [0.05, 0.1) is 7.11 Å². The van der Waals surface area contributed by atoms with Gasteiger partial charge in [0.2, 0.25) is 0 Å². The summed E-state index contributed by atoms with van der Waals surface area (Å²) in [7, 11) is 1.47. The van der Waals surface area contributed by atoms with Crippen molar-refractivity contribution in [3.8, 4) is 5.75 Å². The van der Waals surface area contributed by atoms with E-state index in [1.165, 1.54) is 19.2 Å². The van der Waals surface area contributed by atoms with E-state index in [-0.39, 0.29) is 11.3 Å². The number of rotatable bonds is 2. The molecule has 1 aromatic heterocycles. The Hall–Kier alpha value is -2.83. The number of methoxy groups -OCH3 is 1. The van der Waals surface area contributed by atoms with E-state index in [9.17, 15) is 14.4 Å². The van der Waals surface area contributed by atoms with Crippen molar-refractivity contribution in [1.29, 1.82) is 0 Å². The number of fused-ring (bicyclic) bond motifs is 1. The zero-order chi connectivity index (χ0) is 14.0. The number of ether oxygens (including phenoxy) is 1. The second-order valence-electron chi connectivity index (χ2n) is 3.61. The van der Waals surface area contributed by atoms with Crippen LogP contribution in [0.25, 0.3) is 11.0 Å². The van der Waals surface area contributed by atoms with E-state index >= 15 is 0 Å². The number of anilines is 1. The molecule has 19 heavy (non-hydrogen) atoms. The fourth-order valence-electron chi connectivity index (χ4n) is 1.48. The predicted octanol–water partition coefficient (Wildman–Crippen LogP) is 0.825. The molecule has 7 nitrogen and oxygen atoms in total. The molecule has 1 aromatic carbocycles. The van der Waals surface area contributed by atoms with Crippen LogP contribution in [-0.2, 0) is 9.59 Å². The van der Waals surface area contributed by atoms with Crippen molar-refractivity contribution < 1.29 is 23.8 Å². The normalized spacial score (nSPS) is 10.2. The monoisotopic (exact) mass is 263 g/mol. The van der Waals surface area contributed by atoms with E-state index in [0.717, 1.165) is 0 Å². The van der Waals surface area contributed by atoms with Crippen LogP contribution in [0.5, 0.6) is 5.75 Å². The average Bonchev–Trinajstić information content (AvgIpc) is 2.38. The van der Waals surface area contributed by atoms with Gasteiger partial charge in [0, 0.05) is 11.5 Å². The smallest absolute Gasteiger partial charge is 0.394 e. The minimum Gasteiger partial charge on any atom is -0.497 e. The molecule has 1 heterocycles. The molecular formula is C12H9NO6. The summed E-state index contributed by atoms with van der Waals surface area (Å²) in [5.74, 6) is -2.48. The van der Waals surface area contributed by atoms with Gasteiger partial charge in [-0.1, -0.05) is 0 Å². The molecule has 2 N–H and O–H groups in total. The molecule has 7 heteroatoms. The predicted molar refractivity (Wildman–Crippen MR) is 65.3 cm³/mol. The minimum absolute atomic E-state index is 0.231. The summed E-state index contributed by atoms with van der Waals surface area (Å²) in [6.07, 6.45) is 0. The highest BCUT2D eigenvalue weighted by molar-refractivity contribution is 6.36. The van der Waals surface area contributed by atoms with E-state index in [1.807, 2.05) is 5.32 Å². The third-order valence-corrected chi connectivity index (χ3v) is 2.39. The Balaban J connectivity index is 2.48. The van der Waals surface area contributed by atoms with Crippen LogP contribution in [-0.4, -0.2) is 24.1 Å². The van der Waals surface area contributed by atoms with Crippen molar-refractivity contribution in [3.05, 3.63) is 34.7 Å². The van der Waals surface area contributed by atoms with Crippen molar-refractivity contribution in [3.63, 3.8) is 0 Å². The number of benzene rings is 1. The first kappa shape index (κ1) is 12.6. The minimum atomic E-state index is -1.69. The SMILES string of the molecule is COc1ccc2cc(NC(=O)C(=O)O)c(=O)oc2c1. The Labute approximate surface area is 106 Å². The number of hydrogen-bond acceptors (Lipinski definition) is 5. The Morgan fingerprint density at radius 3 is 2.68 bits per heavy atom. The van der Waals surface area contributed by atoms with Crippen LogP contribution < -0.4 is 15.7 Å². The molecule has 0 radical (unpaired) electrons. The topological polar surface area (TPSA) is 106 Å². The highest BCUT2D eigenvalue weighted by atomic mass is 16.5. The van der Waals surface area contributed by atoms with E-state index < -0.39 is 17.5 Å². The number of carbonyl (C=O) groups is 2. The Morgan fingerprint density at radius 2 is 2.05 bits per heavy atom. The number of aliphatic carboxylic acids is 1. The summed E-state index contributed by atoms with van der Waals surface area (Å²) in [6, 6.07) is 6.11. The number of carboxylic acids is 1. The summed E-state index contributed by atoms with van der Waals surface area (Å²) < 4.78 is 9.95. The zero-order valence-electron chi connectivity index (χ0n) is 9.80. The second-order valence-corrected chi connectivity index (χ2v) is 3.61. The van der Waals surface area contributed by atoms with Crippen LogP contribution in [0.4, 0.5) is 5.69 Å². The standard InChI is InChI=1S/C12H9NO6/c1-18-7-3-2-6-4-8(13-10(14)11(15)16)12(17)19-9(6)5-7/h2-5H,1H3,(H,13,14)(H,15,16). The fraction of sp³-hybridized carbons (Fsp3) is 0.0833. The van der Waals surface area contributed by atoms with Crippen molar-refractivity contribution in [2.24, 2.45) is 0 Å². The maximum Gasteiger partial charge on any atom is 0.394 e. The van der Waals surface area contributed by atoms with Gasteiger partial charge in [-0.2, -0.15) is 0 Å². The van der Waals surface area contributed by atoms with Crippen LogP contribution in [0, 0.1) is 0 Å². The van der Waals surface area contributed by atoms with E-state index in [1.54, 1.807) is 12.1 Å². The molecule has 0 atom stereocenters. The van der Waals surface area contributed by atoms with E-state index in [4.69, 9.17) is 14.3 Å². The first-order chi connectivity index (χ1) is 9.01. The summed E-state index contributed by atoms with van der Waals surface area (Å²) in [5, 5.41) is 10.9. The molecule has 1 amide bonds. The number of amides is 1. The average molecular weight is 263 g/mol. The maximum absolute atomic E-state index is 11.6. The van der Waals surface area contributed by atoms with Gasteiger partial charge in [-0.3, -0.25) is 4.79 Å². The van der Waals surface area contributed by atoms with Gasteiger partial charge in [0.25, 0.3) is 0 Å². The van der Waals surface area contributed by atoms with Gasteiger partial charge >= 0.3 is 17.5 Å². The van der Waals surface area contributed by atoms with Crippen LogP contribution in [0.15, 0.2) is 33.5 Å². The largest absolute Gasteiger partial charge is 0.497 e. The molecule has 98 valence electrons. The lowest BCUT2D eigenvalue weighted by molar-refractivity contribution is -0.147. The van der Waals surface area contributed by atoms with Gasteiger partial charge in [-0.05, 0) is 18.2 Å². The quantitative estimate of drug-likeness (QED) is 0.614. The van der Waals surface area contributed by atoms with E-state index in [2.05, 4.69) is 0 Å². The maximum atomic E-state index is 11.6. The molecule has 0 bridgehead atoms.